The maximum Gasteiger partial charge on any atom is 0.245 e. The molecule has 0 bridgehead atoms. The van der Waals surface area contributed by atoms with E-state index in [1.807, 2.05) is 12.1 Å². The monoisotopic (exact) mass is 521 g/mol. The van der Waals surface area contributed by atoms with Crippen LogP contribution in [0.5, 0.6) is 0 Å². The van der Waals surface area contributed by atoms with Crippen LogP contribution in [-0.2, 0) is 14.8 Å². The predicted octanol–water partition coefficient (Wildman–Crippen LogP) is 3.68. The number of rotatable bonds is 6. The molecule has 1 amide bonds. The molecule has 1 atom stereocenters. The third kappa shape index (κ3) is 4.71. The third-order valence-corrected chi connectivity index (χ3v) is 8.70. The molecule has 36 heavy (non-hydrogen) atoms. The molecule has 0 aliphatic carbocycles. The Hall–Kier alpha value is -3.34. The molecule has 1 fully saturated rings. The summed E-state index contributed by atoms with van der Waals surface area (Å²) in [5, 5.41) is 0. The number of carbonyl (C=O) groups is 1. The first-order valence-electron chi connectivity index (χ1n) is 11.7. The van der Waals surface area contributed by atoms with E-state index in [2.05, 4.69) is 44.3 Å². The molecule has 1 aromatic heterocycles. The first-order chi connectivity index (χ1) is 17.3. The number of carbonyl (C=O) groups excluding carboxylic acids is 1. The highest BCUT2D eigenvalue weighted by atomic mass is 32.2. The number of sulfonamides is 1. The molecule has 5 rings (SSSR count). The molecule has 3 aromatic carbocycles. The average Bonchev–Trinajstić information content (AvgIpc) is 3.38. The molecule has 1 aliphatic heterocycles. The van der Waals surface area contributed by atoms with Crippen molar-refractivity contribution in [2.24, 2.45) is 0 Å². The SMILES string of the molecule is Cc1cccc(N2CCN(C(=O)C(NS(=O)(=O)c3cccc4nsnc34)c3ccccc3)CC2)c1C. The Morgan fingerprint density at radius 1 is 0.917 bits per heavy atom. The van der Waals surface area contributed by atoms with Gasteiger partial charge in [-0.1, -0.05) is 48.5 Å². The normalized spacial score (nSPS) is 15.3. The van der Waals surface area contributed by atoms with E-state index in [1.54, 1.807) is 41.3 Å². The zero-order valence-electron chi connectivity index (χ0n) is 20.1. The smallest absolute Gasteiger partial charge is 0.245 e. The molecule has 0 spiro atoms. The average molecular weight is 522 g/mol. The van der Waals surface area contributed by atoms with Gasteiger partial charge in [-0.25, -0.2) is 8.42 Å². The second-order valence-electron chi connectivity index (χ2n) is 8.88. The molecule has 186 valence electrons. The highest BCUT2D eigenvalue weighted by Crippen LogP contribution is 2.27. The van der Waals surface area contributed by atoms with E-state index in [4.69, 9.17) is 0 Å². The number of hydrogen-bond acceptors (Lipinski definition) is 7. The Balaban J connectivity index is 1.39. The lowest BCUT2D eigenvalue weighted by molar-refractivity contribution is -0.133. The Kier molecular flexibility index (Phi) is 6.74. The van der Waals surface area contributed by atoms with Gasteiger partial charge in [-0.2, -0.15) is 13.5 Å². The van der Waals surface area contributed by atoms with Gasteiger partial charge in [-0.05, 0) is 48.7 Å². The summed E-state index contributed by atoms with van der Waals surface area (Å²) in [5.41, 5.74) is 5.04. The molecule has 1 N–H and O–H groups in total. The fourth-order valence-electron chi connectivity index (χ4n) is 4.55. The maximum absolute atomic E-state index is 13.7. The zero-order valence-corrected chi connectivity index (χ0v) is 21.7. The van der Waals surface area contributed by atoms with Crippen molar-refractivity contribution < 1.29 is 13.2 Å². The van der Waals surface area contributed by atoms with Gasteiger partial charge in [0.05, 0.1) is 11.7 Å². The van der Waals surface area contributed by atoms with E-state index >= 15 is 0 Å². The summed E-state index contributed by atoms with van der Waals surface area (Å²) >= 11 is 0.956. The van der Waals surface area contributed by atoms with Gasteiger partial charge in [-0.3, -0.25) is 4.79 Å². The van der Waals surface area contributed by atoms with Crippen LogP contribution < -0.4 is 9.62 Å². The van der Waals surface area contributed by atoms with Crippen molar-refractivity contribution in [1.29, 1.82) is 0 Å². The maximum atomic E-state index is 13.7. The van der Waals surface area contributed by atoms with Gasteiger partial charge in [-0.15, -0.1) is 0 Å². The van der Waals surface area contributed by atoms with E-state index in [1.165, 1.54) is 22.9 Å². The molecule has 1 saturated heterocycles. The van der Waals surface area contributed by atoms with Crippen molar-refractivity contribution in [1.82, 2.24) is 18.4 Å². The lowest BCUT2D eigenvalue weighted by Crippen LogP contribution is -2.52. The van der Waals surface area contributed by atoms with Crippen molar-refractivity contribution in [2.45, 2.75) is 24.8 Å². The van der Waals surface area contributed by atoms with Crippen LogP contribution in [0.3, 0.4) is 0 Å². The van der Waals surface area contributed by atoms with Crippen molar-refractivity contribution in [3.05, 3.63) is 83.4 Å². The highest BCUT2D eigenvalue weighted by Gasteiger charge is 2.33. The summed E-state index contributed by atoms with van der Waals surface area (Å²) < 4.78 is 37.9. The van der Waals surface area contributed by atoms with Crippen LogP contribution in [0.15, 0.2) is 71.6 Å². The topological polar surface area (TPSA) is 95.5 Å². The Labute approximate surface area is 214 Å². The molecular formula is C26H27N5O3S2. The van der Waals surface area contributed by atoms with Gasteiger partial charge in [0.15, 0.2) is 0 Å². The Morgan fingerprint density at radius 2 is 1.64 bits per heavy atom. The number of hydrogen-bond donors (Lipinski definition) is 1. The Bertz CT molecular complexity index is 1500. The van der Waals surface area contributed by atoms with Crippen LogP contribution in [0.4, 0.5) is 5.69 Å². The number of piperazine rings is 1. The summed E-state index contributed by atoms with van der Waals surface area (Å²) in [6.45, 7) is 6.56. The number of aryl methyl sites for hydroxylation is 1. The molecule has 4 aromatic rings. The number of benzene rings is 3. The van der Waals surface area contributed by atoms with Crippen LogP contribution >= 0.6 is 11.7 Å². The van der Waals surface area contributed by atoms with E-state index in [9.17, 15) is 13.2 Å². The highest BCUT2D eigenvalue weighted by molar-refractivity contribution is 7.89. The number of amides is 1. The number of nitrogens with one attached hydrogen (secondary N) is 1. The fraction of sp³-hybridized carbons (Fsp3) is 0.269. The number of aromatic nitrogens is 2. The lowest BCUT2D eigenvalue weighted by Gasteiger charge is -2.38. The quantitative estimate of drug-likeness (QED) is 0.416. The molecular weight excluding hydrogens is 494 g/mol. The van der Waals surface area contributed by atoms with Crippen molar-refractivity contribution in [3.8, 4) is 0 Å². The van der Waals surface area contributed by atoms with Gasteiger partial charge in [0.1, 0.15) is 22.0 Å². The van der Waals surface area contributed by atoms with E-state index in [0.29, 0.717) is 42.8 Å². The minimum absolute atomic E-state index is 0.0159. The van der Waals surface area contributed by atoms with Gasteiger partial charge in [0.2, 0.25) is 15.9 Å². The molecule has 8 nitrogen and oxygen atoms in total. The van der Waals surface area contributed by atoms with Gasteiger partial charge in [0.25, 0.3) is 0 Å². The predicted molar refractivity (Wildman–Crippen MR) is 142 cm³/mol. The number of anilines is 1. The van der Waals surface area contributed by atoms with E-state index in [-0.39, 0.29) is 10.8 Å². The molecule has 2 heterocycles. The third-order valence-electron chi connectivity index (χ3n) is 6.70. The Morgan fingerprint density at radius 3 is 2.39 bits per heavy atom. The summed E-state index contributed by atoms with van der Waals surface area (Å²) in [7, 11) is -4.06. The minimum atomic E-state index is -4.06. The van der Waals surface area contributed by atoms with Gasteiger partial charge < -0.3 is 9.80 Å². The summed E-state index contributed by atoms with van der Waals surface area (Å²) in [4.78, 5) is 17.8. The molecule has 10 heteroatoms. The van der Waals surface area contributed by atoms with Gasteiger partial charge in [0, 0.05) is 31.9 Å². The fourth-order valence-corrected chi connectivity index (χ4v) is 6.50. The zero-order chi connectivity index (χ0) is 25.3. The summed E-state index contributed by atoms with van der Waals surface area (Å²) in [6, 6.07) is 19.0. The van der Waals surface area contributed by atoms with Crippen LogP contribution in [0.25, 0.3) is 11.0 Å². The van der Waals surface area contributed by atoms with Crippen molar-refractivity contribution >= 4 is 44.4 Å². The second-order valence-corrected chi connectivity index (χ2v) is 11.1. The van der Waals surface area contributed by atoms with Crippen molar-refractivity contribution in [2.75, 3.05) is 31.1 Å². The second kappa shape index (κ2) is 9.96. The van der Waals surface area contributed by atoms with Crippen LogP contribution in [-0.4, -0.2) is 54.2 Å². The van der Waals surface area contributed by atoms with E-state index in [0.717, 1.165) is 11.7 Å². The van der Waals surface area contributed by atoms with Crippen molar-refractivity contribution in [3.63, 3.8) is 0 Å². The van der Waals surface area contributed by atoms with Crippen LogP contribution in [0, 0.1) is 13.8 Å². The first-order valence-corrected chi connectivity index (χ1v) is 13.9. The minimum Gasteiger partial charge on any atom is -0.368 e. The molecule has 0 radical (unpaired) electrons. The molecule has 0 saturated carbocycles. The summed E-state index contributed by atoms with van der Waals surface area (Å²) in [6.07, 6.45) is 0. The largest absolute Gasteiger partial charge is 0.368 e. The first kappa shape index (κ1) is 24.4. The molecule has 1 unspecified atom stereocenters. The van der Waals surface area contributed by atoms with E-state index < -0.39 is 16.1 Å². The van der Waals surface area contributed by atoms with Crippen LogP contribution in [0.1, 0.15) is 22.7 Å². The molecule has 1 aliphatic rings. The standard InChI is InChI=1S/C26H27N5O3S2/c1-18-8-6-12-22(19(18)2)30-14-16-31(17-15-30)26(32)24(20-9-4-3-5-10-20)29-36(33,34)23-13-7-11-21-25(23)28-35-27-21/h3-13,24,29H,14-17H2,1-2H3. The van der Waals surface area contributed by atoms with Gasteiger partial charge >= 0.3 is 0 Å². The number of nitrogens with zero attached hydrogens (tertiary/aromatic N) is 4. The number of fused-ring (bicyclic) bond motifs is 1. The van der Waals surface area contributed by atoms with Crippen LogP contribution in [0.2, 0.25) is 0 Å². The summed E-state index contributed by atoms with van der Waals surface area (Å²) in [5.74, 6) is -0.269. The lowest BCUT2D eigenvalue weighted by atomic mass is 10.1.